The van der Waals surface area contributed by atoms with E-state index in [1.807, 2.05) is 24.3 Å². The number of unbranched alkanes of at least 4 members (excludes halogenated alkanes) is 1. The van der Waals surface area contributed by atoms with Gasteiger partial charge in [0.25, 0.3) is 0 Å². The Kier molecular flexibility index (Phi) is 9.31. The summed E-state index contributed by atoms with van der Waals surface area (Å²) in [7, 11) is 1.64. The van der Waals surface area contributed by atoms with Crippen LogP contribution in [-0.2, 0) is 14.3 Å². The lowest BCUT2D eigenvalue weighted by molar-refractivity contribution is -0.137. The van der Waals surface area contributed by atoms with Crippen LogP contribution in [0.4, 0.5) is 0 Å². The van der Waals surface area contributed by atoms with E-state index in [1.165, 1.54) is 6.42 Å². The van der Waals surface area contributed by atoms with Crippen LogP contribution in [0.15, 0.2) is 37.0 Å². The van der Waals surface area contributed by atoms with Crippen LogP contribution in [0.2, 0.25) is 0 Å². The van der Waals surface area contributed by atoms with Gasteiger partial charge in [-0.05, 0) is 44.9 Å². The summed E-state index contributed by atoms with van der Waals surface area (Å²) in [6.45, 7) is 3.83. The van der Waals surface area contributed by atoms with E-state index < -0.39 is 5.97 Å². The number of carboxylic acid groups (broad SMARTS) is 1. The molecule has 4 atom stereocenters. The largest absolute Gasteiger partial charge is 0.481 e. The van der Waals surface area contributed by atoms with Gasteiger partial charge in [0.05, 0.1) is 12.2 Å². The molecule has 2 fully saturated rings. The second-order valence-electron chi connectivity index (χ2n) is 8.51. The summed E-state index contributed by atoms with van der Waals surface area (Å²) in [6, 6.07) is 0. The lowest BCUT2D eigenvalue weighted by Gasteiger charge is -2.45. The number of aliphatic hydroxyl groups excluding tert-OH is 1. The predicted molar refractivity (Wildman–Crippen MR) is 114 cm³/mol. The van der Waals surface area contributed by atoms with Gasteiger partial charge in [0.15, 0.2) is 0 Å². The van der Waals surface area contributed by atoms with Crippen molar-refractivity contribution in [2.45, 2.75) is 76.4 Å². The van der Waals surface area contributed by atoms with E-state index in [0.29, 0.717) is 32.1 Å². The number of hydrogen-bond acceptors (Lipinski definition) is 4. The Morgan fingerprint density at radius 1 is 1.34 bits per heavy atom. The second-order valence-corrected chi connectivity index (χ2v) is 8.51. The monoisotopic (exact) mass is 404 g/mol. The SMILES string of the molecule is C=CCC1(C(O)CC=C[C@H]2[C@H](OC)CC(=O)[C@@H]2CC=CCCCC(=O)O)CCC1. The van der Waals surface area contributed by atoms with Gasteiger partial charge in [0, 0.05) is 37.2 Å². The molecular formula is C24H36O5. The van der Waals surface area contributed by atoms with Crippen LogP contribution < -0.4 is 0 Å². The number of Topliss-reactive ketones (excluding diaryl/α,β-unsaturated/α-hetero) is 1. The van der Waals surface area contributed by atoms with Crippen molar-refractivity contribution in [2.24, 2.45) is 17.3 Å². The quantitative estimate of drug-likeness (QED) is 0.350. The third-order valence-electron chi connectivity index (χ3n) is 6.66. The van der Waals surface area contributed by atoms with Crippen molar-refractivity contribution in [1.29, 1.82) is 0 Å². The summed E-state index contributed by atoms with van der Waals surface area (Å²) in [6.07, 6.45) is 16.7. The van der Waals surface area contributed by atoms with Crippen LogP contribution >= 0.6 is 0 Å². The lowest BCUT2D eigenvalue weighted by Crippen LogP contribution is -2.40. The van der Waals surface area contributed by atoms with E-state index in [9.17, 15) is 14.7 Å². The molecule has 5 nitrogen and oxygen atoms in total. The molecule has 2 rings (SSSR count). The molecule has 0 amide bonds. The first-order valence-electron chi connectivity index (χ1n) is 10.8. The summed E-state index contributed by atoms with van der Waals surface area (Å²) in [4.78, 5) is 23.0. The summed E-state index contributed by atoms with van der Waals surface area (Å²) in [5.41, 5.74) is -0.0175. The van der Waals surface area contributed by atoms with Crippen molar-refractivity contribution in [2.75, 3.05) is 7.11 Å². The van der Waals surface area contributed by atoms with Crippen molar-refractivity contribution in [1.82, 2.24) is 0 Å². The molecule has 0 aromatic rings. The zero-order chi connectivity index (χ0) is 21.3. The highest BCUT2D eigenvalue weighted by molar-refractivity contribution is 5.84. The van der Waals surface area contributed by atoms with Gasteiger partial charge >= 0.3 is 5.97 Å². The molecule has 0 heterocycles. The van der Waals surface area contributed by atoms with E-state index in [4.69, 9.17) is 9.84 Å². The minimum atomic E-state index is -0.781. The molecule has 0 aromatic heterocycles. The smallest absolute Gasteiger partial charge is 0.303 e. The minimum Gasteiger partial charge on any atom is -0.481 e. The highest BCUT2D eigenvalue weighted by atomic mass is 16.5. The van der Waals surface area contributed by atoms with E-state index >= 15 is 0 Å². The molecule has 0 aromatic carbocycles. The Labute approximate surface area is 174 Å². The fourth-order valence-electron chi connectivity index (χ4n) is 4.68. The Bertz CT molecular complexity index is 617. The first-order chi connectivity index (χ1) is 13.9. The van der Waals surface area contributed by atoms with E-state index in [1.54, 1.807) is 7.11 Å². The molecule has 0 spiro atoms. The molecule has 0 aliphatic heterocycles. The van der Waals surface area contributed by atoms with Crippen molar-refractivity contribution < 1.29 is 24.5 Å². The first-order valence-corrected chi connectivity index (χ1v) is 10.8. The summed E-state index contributed by atoms with van der Waals surface area (Å²) in [5.74, 6) is -0.671. The van der Waals surface area contributed by atoms with Gasteiger partial charge in [0.2, 0.25) is 0 Å². The number of carbonyl (C=O) groups excluding carboxylic acids is 1. The predicted octanol–water partition coefficient (Wildman–Crippen LogP) is 4.46. The molecule has 2 aliphatic rings. The maximum absolute atomic E-state index is 12.5. The average Bonchev–Trinajstić information content (AvgIpc) is 2.95. The van der Waals surface area contributed by atoms with Crippen LogP contribution in [0.5, 0.6) is 0 Å². The highest BCUT2D eigenvalue weighted by Gasteiger charge is 2.42. The van der Waals surface area contributed by atoms with Crippen LogP contribution in [0.25, 0.3) is 0 Å². The van der Waals surface area contributed by atoms with Crippen LogP contribution in [0.3, 0.4) is 0 Å². The number of methoxy groups -OCH3 is 1. The molecular weight excluding hydrogens is 368 g/mol. The van der Waals surface area contributed by atoms with Crippen LogP contribution in [-0.4, -0.2) is 41.3 Å². The van der Waals surface area contributed by atoms with Gasteiger partial charge in [-0.1, -0.05) is 36.8 Å². The van der Waals surface area contributed by atoms with Gasteiger partial charge in [-0.25, -0.2) is 0 Å². The van der Waals surface area contributed by atoms with Crippen molar-refractivity contribution in [3.8, 4) is 0 Å². The standard InChI is InChI=1S/C24H36O5/c1-3-14-24(15-9-16-24)22(26)12-8-11-19-18(20(25)17-21(19)29-2)10-6-4-5-7-13-23(27)28/h3-4,6,8,11,18-19,21-22,26H,1,5,7,9-10,12-17H2,2H3,(H,27,28)/t18-,19-,21-,22?/m1/s1. The van der Waals surface area contributed by atoms with Gasteiger partial charge in [0.1, 0.15) is 5.78 Å². The van der Waals surface area contributed by atoms with Crippen molar-refractivity contribution in [3.05, 3.63) is 37.0 Å². The number of allylic oxidation sites excluding steroid dienone is 3. The maximum Gasteiger partial charge on any atom is 0.303 e. The zero-order valence-electron chi connectivity index (χ0n) is 17.6. The topological polar surface area (TPSA) is 83.8 Å². The average molecular weight is 405 g/mol. The molecule has 162 valence electrons. The molecule has 0 saturated heterocycles. The lowest BCUT2D eigenvalue weighted by atomic mass is 9.62. The Hall–Kier alpha value is -1.72. The number of aliphatic hydroxyl groups is 1. The van der Waals surface area contributed by atoms with Crippen molar-refractivity contribution in [3.63, 3.8) is 0 Å². The number of hydrogen-bond donors (Lipinski definition) is 2. The summed E-state index contributed by atoms with van der Waals surface area (Å²) < 4.78 is 5.55. The van der Waals surface area contributed by atoms with Crippen molar-refractivity contribution >= 4 is 11.8 Å². The number of ketones is 1. The summed E-state index contributed by atoms with van der Waals surface area (Å²) >= 11 is 0. The zero-order valence-corrected chi connectivity index (χ0v) is 17.6. The van der Waals surface area contributed by atoms with Crippen LogP contribution in [0.1, 0.15) is 64.2 Å². The molecule has 2 saturated carbocycles. The van der Waals surface area contributed by atoms with E-state index in [0.717, 1.165) is 19.3 Å². The highest BCUT2D eigenvalue weighted by Crippen LogP contribution is 2.48. The third-order valence-corrected chi connectivity index (χ3v) is 6.66. The Morgan fingerprint density at radius 2 is 2.10 bits per heavy atom. The summed E-state index contributed by atoms with van der Waals surface area (Å²) in [5, 5.41) is 19.4. The molecule has 1 unspecified atom stereocenters. The molecule has 5 heteroatoms. The molecule has 0 radical (unpaired) electrons. The molecule has 2 N–H and O–H groups in total. The first kappa shape index (κ1) is 23.6. The number of rotatable bonds is 13. The fourth-order valence-corrected chi connectivity index (χ4v) is 4.68. The Morgan fingerprint density at radius 3 is 2.69 bits per heavy atom. The molecule has 29 heavy (non-hydrogen) atoms. The second kappa shape index (κ2) is 11.5. The van der Waals surface area contributed by atoms with E-state index in [-0.39, 0.29) is 41.7 Å². The number of aliphatic carboxylic acids is 1. The maximum atomic E-state index is 12.5. The number of ether oxygens (including phenoxy) is 1. The Balaban J connectivity index is 1.91. The van der Waals surface area contributed by atoms with Gasteiger partial charge < -0.3 is 14.9 Å². The third kappa shape index (κ3) is 6.38. The van der Waals surface area contributed by atoms with Gasteiger partial charge in [-0.3, -0.25) is 9.59 Å². The van der Waals surface area contributed by atoms with E-state index in [2.05, 4.69) is 12.7 Å². The number of carboxylic acids is 1. The van der Waals surface area contributed by atoms with Gasteiger partial charge in [-0.15, -0.1) is 6.58 Å². The van der Waals surface area contributed by atoms with Gasteiger partial charge in [-0.2, -0.15) is 0 Å². The number of carbonyl (C=O) groups is 2. The normalized spacial score (nSPS) is 27.4. The fraction of sp³-hybridized carbons (Fsp3) is 0.667. The molecule has 0 bridgehead atoms. The minimum absolute atomic E-state index is 0.0140. The molecule has 2 aliphatic carbocycles. The van der Waals surface area contributed by atoms with Crippen LogP contribution in [0, 0.1) is 17.3 Å².